The van der Waals surface area contributed by atoms with Crippen LogP contribution in [0, 0.1) is 5.92 Å². The molecule has 1 atom stereocenters. The number of rotatable bonds is 6. The van der Waals surface area contributed by atoms with E-state index in [1.165, 1.54) is 0 Å². The molecule has 0 spiro atoms. The Morgan fingerprint density at radius 3 is 2.39 bits per heavy atom. The van der Waals surface area contributed by atoms with Gasteiger partial charge < -0.3 is 10.2 Å². The van der Waals surface area contributed by atoms with Gasteiger partial charge in [-0.25, -0.2) is 0 Å². The van der Waals surface area contributed by atoms with Crippen molar-refractivity contribution in [3.05, 3.63) is 35.9 Å². The summed E-state index contributed by atoms with van der Waals surface area (Å²) < 4.78 is 0. The molecule has 0 saturated carbocycles. The second-order valence-corrected chi connectivity index (χ2v) is 6.17. The summed E-state index contributed by atoms with van der Waals surface area (Å²) in [6.07, 6.45) is 0.876. The van der Waals surface area contributed by atoms with Gasteiger partial charge in [0.2, 0.25) is 11.8 Å². The van der Waals surface area contributed by atoms with E-state index in [9.17, 15) is 9.59 Å². The van der Waals surface area contributed by atoms with Gasteiger partial charge in [-0.2, -0.15) is 0 Å². The second-order valence-electron chi connectivity index (χ2n) is 6.17. The molecule has 23 heavy (non-hydrogen) atoms. The average Bonchev–Trinajstić information content (AvgIpc) is 2.60. The smallest absolute Gasteiger partial charge is 0.234 e. The quantitative estimate of drug-likeness (QED) is 0.865. The lowest BCUT2D eigenvalue weighted by Gasteiger charge is -2.35. The van der Waals surface area contributed by atoms with Gasteiger partial charge in [-0.3, -0.25) is 14.5 Å². The Kier molecular flexibility index (Phi) is 6.59. The molecule has 1 aromatic rings. The molecule has 0 unspecified atom stereocenters. The maximum atomic E-state index is 12.1. The Morgan fingerprint density at radius 2 is 1.78 bits per heavy atom. The Labute approximate surface area is 138 Å². The fourth-order valence-corrected chi connectivity index (χ4v) is 2.67. The van der Waals surface area contributed by atoms with Crippen molar-refractivity contribution >= 4 is 11.8 Å². The van der Waals surface area contributed by atoms with E-state index in [4.69, 9.17) is 0 Å². The molecule has 5 nitrogen and oxygen atoms in total. The second kappa shape index (κ2) is 8.67. The summed E-state index contributed by atoms with van der Waals surface area (Å²) in [5, 5.41) is 2.95. The van der Waals surface area contributed by atoms with Gasteiger partial charge in [0.05, 0.1) is 6.54 Å². The third-order valence-electron chi connectivity index (χ3n) is 4.42. The lowest BCUT2D eigenvalue weighted by atomic mass is 10.1. The fourth-order valence-electron chi connectivity index (χ4n) is 2.67. The Balaban J connectivity index is 1.69. The van der Waals surface area contributed by atoms with E-state index in [-0.39, 0.29) is 17.7 Å². The maximum absolute atomic E-state index is 12.1. The molecule has 1 fully saturated rings. The van der Waals surface area contributed by atoms with Crippen LogP contribution in [0.25, 0.3) is 0 Å². The third-order valence-corrected chi connectivity index (χ3v) is 4.42. The fraction of sp³-hybridized carbons (Fsp3) is 0.556. The molecule has 0 aromatic heterocycles. The zero-order valence-corrected chi connectivity index (χ0v) is 14.1. The minimum atomic E-state index is 0.0376. The van der Waals surface area contributed by atoms with Crippen LogP contribution in [0.2, 0.25) is 0 Å². The molecule has 0 bridgehead atoms. The molecule has 126 valence electrons. The predicted octanol–water partition coefficient (Wildman–Crippen LogP) is 1.49. The van der Waals surface area contributed by atoms with Crippen LogP contribution in [0.15, 0.2) is 30.3 Å². The number of benzene rings is 1. The van der Waals surface area contributed by atoms with Gasteiger partial charge in [0.1, 0.15) is 0 Å². The number of carbonyl (C=O) groups excluding carboxylic acids is 2. The number of hydrogen-bond acceptors (Lipinski definition) is 3. The molecular weight excluding hydrogens is 290 g/mol. The van der Waals surface area contributed by atoms with Crippen molar-refractivity contribution in [2.75, 3.05) is 32.7 Å². The molecule has 0 radical (unpaired) electrons. The summed E-state index contributed by atoms with van der Waals surface area (Å²) in [4.78, 5) is 28.2. The van der Waals surface area contributed by atoms with Crippen LogP contribution in [0.4, 0.5) is 0 Å². The van der Waals surface area contributed by atoms with Gasteiger partial charge in [-0.15, -0.1) is 0 Å². The SMILES string of the molecule is CC[C@@H](C)C(=O)N1CCN(CC(=O)NCc2ccccc2)CC1. The number of piperazine rings is 1. The molecule has 1 saturated heterocycles. The first-order valence-electron chi connectivity index (χ1n) is 8.42. The summed E-state index contributed by atoms with van der Waals surface area (Å²) >= 11 is 0. The largest absolute Gasteiger partial charge is 0.351 e. The highest BCUT2D eigenvalue weighted by molar-refractivity contribution is 5.79. The van der Waals surface area contributed by atoms with Gasteiger partial charge in [0.25, 0.3) is 0 Å². The maximum Gasteiger partial charge on any atom is 0.234 e. The Bertz CT molecular complexity index is 510. The Hall–Kier alpha value is -1.88. The predicted molar refractivity (Wildman–Crippen MR) is 90.8 cm³/mol. The summed E-state index contributed by atoms with van der Waals surface area (Å²) in [7, 11) is 0. The monoisotopic (exact) mass is 317 g/mol. The normalized spacial score (nSPS) is 16.9. The van der Waals surface area contributed by atoms with Crippen LogP contribution in [0.5, 0.6) is 0 Å². The average molecular weight is 317 g/mol. The van der Waals surface area contributed by atoms with Crippen molar-refractivity contribution < 1.29 is 9.59 Å². The van der Waals surface area contributed by atoms with Crippen LogP contribution in [-0.4, -0.2) is 54.3 Å². The van der Waals surface area contributed by atoms with Crippen molar-refractivity contribution in [1.29, 1.82) is 0 Å². The van der Waals surface area contributed by atoms with Crippen LogP contribution in [0.3, 0.4) is 0 Å². The third kappa shape index (κ3) is 5.36. The van der Waals surface area contributed by atoms with Crippen LogP contribution >= 0.6 is 0 Å². The number of nitrogens with one attached hydrogen (secondary N) is 1. The van der Waals surface area contributed by atoms with Crippen LogP contribution < -0.4 is 5.32 Å². The molecule has 1 aliphatic heterocycles. The van der Waals surface area contributed by atoms with Gasteiger partial charge in [-0.1, -0.05) is 44.2 Å². The zero-order chi connectivity index (χ0) is 16.7. The minimum Gasteiger partial charge on any atom is -0.351 e. The van der Waals surface area contributed by atoms with Gasteiger partial charge in [0.15, 0.2) is 0 Å². The number of amides is 2. The first kappa shape index (κ1) is 17.5. The molecule has 1 aromatic carbocycles. The summed E-state index contributed by atoms with van der Waals surface area (Å²) in [5.74, 6) is 0.368. The van der Waals surface area contributed by atoms with E-state index in [1.54, 1.807) is 0 Å². The first-order chi connectivity index (χ1) is 11.1. The molecule has 1 N–H and O–H groups in total. The molecular formula is C18H27N3O2. The van der Waals surface area contributed by atoms with Crippen LogP contribution in [-0.2, 0) is 16.1 Å². The molecule has 1 heterocycles. The van der Waals surface area contributed by atoms with E-state index in [1.807, 2.05) is 49.1 Å². The standard InChI is InChI=1S/C18H27N3O2/c1-3-15(2)18(23)21-11-9-20(10-12-21)14-17(22)19-13-16-7-5-4-6-8-16/h4-8,15H,3,9-14H2,1-2H3,(H,19,22)/t15-/m1/s1. The molecule has 2 rings (SSSR count). The molecule has 0 aliphatic carbocycles. The highest BCUT2D eigenvalue weighted by Crippen LogP contribution is 2.10. The van der Waals surface area contributed by atoms with E-state index >= 15 is 0 Å². The summed E-state index contributed by atoms with van der Waals surface area (Å²) in [6, 6.07) is 9.90. The van der Waals surface area contributed by atoms with Crippen molar-refractivity contribution in [2.45, 2.75) is 26.8 Å². The lowest BCUT2D eigenvalue weighted by molar-refractivity contribution is -0.137. The van der Waals surface area contributed by atoms with Gasteiger partial charge >= 0.3 is 0 Å². The van der Waals surface area contributed by atoms with Crippen molar-refractivity contribution in [1.82, 2.24) is 15.1 Å². The van der Waals surface area contributed by atoms with E-state index in [0.717, 1.165) is 38.2 Å². The number of nitrogens with zero attached hydrogens (tertiary/aromatic N) is 2. The van der Waals surface area contributed by atoms with E-state index < -0.39 is 0 Å². The van der Waals surface area contributed by atoms with E-state index in [0.29, 0.717) is 13.1 Å². The summed E-state index contributed by atoms with van der Waals surface area (Å²) in [6.45, 7) is 7.94. The number of hydrogen-bond donors (Lipinski definition) is 1. The van der Waals surface area contributed by atoms with Crippen LogP contribution in [0.1, 0.15) is 25.8 Å². The Morgan fingerprint density at radius 1 is 1.13 bits per heavy atom. The van der Waals surface area contributed by atoms with Crippen molar-refractivity contribution in [3.63, 3.8) is 0 Å². The van der Waals surface area contributed by atoms with Gasteiger partial charge in [0, 0.05) is 38.6 Å². The zero-order valence-electron chi connectivity index (χ0n) is 14.1. The first-order valence-corrected chi connectivity index (χ1v) is 8.42. The minimum absolute atomic E-state index is 0.0376. The van der Waals surface area contributed by atoms with Crippen molar-refractivity contribution in [3.8, 4) is 0 Å². The molecule has 1 aliphatic rings. The highest BCUT2D eigenvalue weighted by Gasteiger charge is 2.24. The topological polar surface area (TPSA) is 52.7 Å². The molecule has 2 amide bonds. The van der Waals surface area contributed by atoms with Crippen molar-refractivity contribution in [2.24, 2.45) is 5.92 Å². The highest BCUT2D eigenvalue weighted by atomic mass is 16.2. The van der Waals surface area contributed by atoms with E-state index in [2.05, 4.69) is 10.2 Å². The number of carbonyl (C=O) groups is 2. The van der Waals surface area contributed by atoms with Gasteiger partial charge in [-0.05, 0) is 12.0 Å². The summed E-state index contributed by atoms with van der Waals surface area (Å²) in [5.41, 5.74) is 1.10. The lowest BCUT2D eigenvalue weighted by Crippen LogP contribution is -2.52. The molecule has 5 heteroatoms.